The van der Waals surface area contributed by atoms with Crippen LogP contribution in [-0.4, -0.2) is 19.5 Å². The summed E-state index contributed by atoms with van der Waals surface area (Å²) >= 11 is 1.85. The van der Waals surface area contributed by atoms with E-state index in [4.69, 9.17) is 19.4 Å². The van der Waals surface area contributed by atoms with E-state index in [0.29, 0.717) is 17.5 Å². The van der Waals surface area contributed by atoms with Gasteiger partial charge < -0.3 is 8.98 Å². The molecule has 0 aliphatic rings. The summed E-state index contributed by atoms with van der Waals surface area (Å²) in [6, 6.07) is 80.6. The van der Waals surface area contributed by atoms with E-state index in [2.05, 4.69) is 193 Å². The van der Waals surface area contributed by atoms with Crippen molar-refractivity contribution in [1.29, 1.82) is 0 Å². The maximum absolute atomic E-state index is 6.36. The lowest BCUT2D eigenvalue weighted by atomic mass is 9.94. The van der Waals surface area contributed by atoms with E-state index < -0.39 is 0 Å². The Balaban J connectivity index is 0.971. The van der Waals surface area contributed by atoms with Crippen LogP contribution < -0.4 is 0 Å². The SMILES string of the molecule is Cc1ccc2c3ccccc3c3c4cccc(-c5cccc(-c6ccc7sc8ccccc8c7c6)c5)c4n(-c4cccc(-c5nc(-c6ccccc6)nc(-c6ccc7c(c6)oc6ccccc67)n5)c4)c3c2c1. The van der Waals surface area contributed by atoms with E-state index in [0.717, 1.165) is 61.0 Å². The molecule has 0 radical (unpaired) electrons. The molecule has 6 heteroatoms. The van der Waals surface area contributed by atoms with Crippen molar-refractivity contribution < 1.29 is 4.42 Å². The predicted octanol–water partition coefficient (Wildman–Crippen LogP) is 18.2. The highest BCUT2D eigenvalue weighted by molar-refractivity contribution is 7.25. The molecule has 0 saturated carbocycles. The van der Waals surface area contributed by atoms with Gasteiger partial charge in [-0.05, 0) is 100 Å². The fourth-order valence-electron chi connectivity index (χ4n) is 11.2. The third kappa shape index (κ3) is 6.36. The van der Waals surface area contributed by atoms with Gasteiger partial charge in [0.2, 0.25) is 0 Å². The number of thiophene rings is 1. The zero-order valence-corrected chi connectivity index (χ0v) is 39.8. The van der Waals surface area contributed by atoms with Crippen molar-refractivity contribution in [3.05, 3.63) is 230 Å². The van der Waals surface area contributed by atoms with Gasteiger partial charge in [-0.2, -0.15) is 0 Å². The second-order valence-electron chi connectivity index (χ2n) is 18.8. The summed E-state index contributed by atoms with van der Waals surface area (Å²) in [5.41, 5.74) is 13.5. The van der Waals surface area contributed by atoms with E-state index in [1.807, 2.05) is 53.8 Å². The van der Waals surface area contributed by atoms with E-state index >= 15 is 0 Å². The Hall–Kier alpha value is -9.23. The first-order valence-corrected chi connectivity index (χ1v) is 25.1. The maximum Gasteiger partial charge on any atom is 0.164 e. The molecule has 72 heavy (non-hydrogen) atoms. The molecule has 0 atom stereocenters. The van der Waals surface area contributed by atoms with Gasteiger partial charge in [-0.3, -0.25) is 0 Å². The molecule has 15 rings (SSSR count). The number of benzene rings is 11. The number of para-hydroxylation sites is 2. The quantitative estimate of drug-likeness (QED) is 0.156. The summed E-state index contributed by atoms with van der Waals surface area (Å²) in [4.78, 5) is 15.6. The third-order valence-electron chi connectivity index (χ3n) is 14.5. The van der Waals surface area contributed by atoms with Crippen LogP contribution in [0.2, 0.25) is 0 Å². The largest absolute Gasteiger partial charge is 0.456 e. The Bertz CT molecular complexity index is 4720. The smallest absolute Gasteiger partial charge is 0.164 e. The maximum atomic E-state index is 6.36. The molecule has 0 amide bonds. The summed E-state index contributed by atoms with van der Waals surface area (Å²) in [6.45, 7) is 2.19. The van der Waals surface area contributed by atoms with Gasteiger partial charge in [0.25, 0.3) is 0 Å². The zero-order valence-electron chi connectivity index (χ0n) is 39.0. The Morgan fingerprint density at radius 2 is 0.944 bits per heavy atom. The van der Waals surface area contributed by atoms with Crippen LogP contribution in [0.5, 0.6) is 0 Å². The number of hydrogen-bond acceptors (Lipinski definition) is 5. The van der Waals surface area contributed by atoms with Gasteiger partial charge in [-0.25, -0.2) is 15.0 Å². The van der Waals surface area contributed by atoms with Gasteiger partial charge >= 0.3 is 0 Å². The van der Waals surface area contributed by atoms with Crippen LogP contribution in [0.25, 0.3) is 148 Å². The first-order chi connectivity index (χ1) is 35.6. The van der Waals surface area contributed by atoms with Crippen LogP contribution in [0, 0.1) is 6.92 Å². The third-order valence-corrected chi connectivity index (χ3v) is 15.6. The van der Waals surface area contributed by atoms with E-state index in [9.17, 15) is 0 Å². The predicted molar refractivity (Wildman–Crippen MR) is 301 cm³/mol. The molecule has 0 bridgehead atoms. The van der Waals surface area contributed by atoms with Crippen LogP contribution in [-0.2, 0) is 0 Å². The summed E-state index contributed by atoms with van der Waals surface area (Å²) in [5, 5.41) is 12.0. The molecule has 336 valence electrons. The van der Waals surface area contributed by atoms with E-state index in [1.165, 1.54) is 74.7 Å². The number of furan rings is 1. The average Bonchev–Trinajstić information content (AvgIpc) is 4.13. The van der Waals surface area contributed by atoms with E-state index in [-0.39, 0.29) is 0 Å². The van der Waals surface area contributed by atoms with Crippen molar-refractivity contribution in [2.75, 3.05) is 0 Å². The second-order valence-corrected chi connectivity index (χ2v) is 19.9. The molecular weight excluding hydrogens is 897 g/mol. The monoisotopic (exact) mass is 936 g/mol. The van der Waals surface area contributed by atoms with Gasteiger partial charge in [0.05, 0.1) is 11.0 Å². The fraction of sp³-hybridized carbons (Fsp3) is 0.0152. The highest BCUT2D eigenvalue weighted by atomic mass is 32.1. The lowest BCUT2D eigenvalue weighted by molar-refractivity contribution is 0.669. The molecule has 15 aromatic rings. The molecule has 0 spiro atoms. The molecule has 0 saturated heterocycles. The second kappa shape index (κ2) is 15.9. The fourth-order valence-corrected chi connectivity index (χ4v) is 12.2. The molecule has 0 aliphatic heterocycles. The Morgan fingerprint density at radius 3 is 1.82 bits per heavy atom. The summed E-state index contributed by atoms with van der Waals surface area (Å²) < 4.78 is 11.5. The topological polar surface area (TPSA) is 56.7 Å². The van der Waals surface area contributed by atoms with Crippen LogP contribution in [0.4, 0.5) is 0 Å². The summed E-state index contributed by atoms with van der Waals surface area (Å²) in [6.07, 6.45) is 0. The molecule has 0 N–H and O–H groups in total. The van der Waals surface area contributed by atoms with Crippen molar-refractivity contribution >= 4 is 96.8 Å². The molecule has 4 aromatic heterocycles. The zero-order chi connectivity index (χ0) is 47.4. The van der Waals surface area contributed by atoms with E-state index in [1.54, 1.807) is 0 Å². The minimum absolute atomic E-state index is 0.574. The number of aromatic nitrogens is 4. The minimum Gasteiger partial charge on any atom is -0.456 e. The lowest BCUT2D eigenvalue weighted by Crippen LogP contribution is -2.01. The van der Waals surface area contributed by atoms with Gasteiger partial charge in [0.1, 0.15) is 11.2 Å². The molecule has 0 aliphatic carbocycles. The Morgan fingerprint density at radius 1 is 0.347 bits per heavy atom. The molecule has 0 fully saturated rings. The molecule has 0 unspecified atom stereocenters. The average molecular weight is 937 g/mol. The highest BCUT2D eigenvalue weighted by Crippen LogP contribution is 2.46. The van der Waals surface area contributed by atoms with Crippen molar-refractivity contribution in [2.45, 2.75) is 6.92 Å². The number of nitrogens with zero attached hydrogens (tertiary/aromatic N) is 4. The van der Waals surface area contributed by atoms with Crippen molar-refractivity contribution in [3.63, 3.8) is 0 Å². The lowest BCUT2D eigenvalue weighted by Gasteiger charge is -2.15. The Labute approximate surface area is 417 Å². The molecule has 5 nitrogen and oxygen atoms in total. The standard InChI is InChI=1S/C66H40N4OS/c1-39-28-31-49-48-20-5-6-23-53(48)61-54-25-13-24-47(43-17-11-16-41(35-43)42-30-33-60-55(37-42)52-22-8-10-27-59(52)72-60)62(54)70(63(61)56(49)34-39)46-19-12-18-44(36-46)65-67-64(40-14-3-2-4-15-40)68-66(69-65)45-29-32-51-50-21-7-9-26-57(50)71-58(51)38-45/h2-38H,1H3. The van der Waals surface area contributed by atoms with Crippen LogP contribution >= 0.6 is 11.3 Å². The van der Waals surface area contributed by atoms with Gasteiger partial charge in [-0.1, -0.05) is 169 Å². The van der Waals surface area contributed by atoms with Crippen LogP contribution in [0.3, 0.4) is 0 Å². The van der Waals surface area contributed by atoms with Crippen molar-refractivity contribution in [2.24, 2.45) is 0 Å². The van der Waals surface area contributed by atoms with Gasteiger partial charge in [-0.15, -0.1) is 11.3 Å². The number of rotatable bonds is 6. The highest BCUT2D eigenvalue weighted by Gasteiger charge is 2.23. The first-order valence-electron chi connectivity index (χ1n) is 24.3. The summed E-state index contributed by atoms with van der Waals surface area (Å²) in [7, 11) is 0. The molecular formula is C66H40N4OS. The van der Waals surface area contributed by atoms with Crippen LogP contribution in [0.1, 0.15) is 5.56 Å². The van der Waals surface area contributed by atoms with Crippen molar-refractivity contribution in [1.82, 2.24) is 19.5 Å². The Kier molecular flexibility index (Phi) is 8.98. The number of aryl methyl sites for hydroxylation is 1. The minimum atomic E-state index is 0.574. The normalized spacial score (nSPS) is 12.0. The van der Waals surface area contributed by atoms with Gasteiger partial charge in [0.15, 0.2) is 17.5 Å². The van der Waals surface area contributed by atoms with Crippen LogP contribution in [0.15, 0.2) is 229 Å². The van der Waals surface area contributed by atoms with Gasteiger partial charge in [0, 0.05) is 75.0 Å². The number of fused-ring (bicyclic) bond motifs is 14. The molecule has 4 heterocycles. The summed E-state index contributed by atoms with van der Waals surface area (Å²) in [5.74, 6) is 1.76. The first kappa shape index (κ1) is 40.6. The number of hydrogen-bond donors (Lipinski definition) is 0. The molecule has 11 aromatic carbocycles. The van der Waals surface area contributed by atoms with Crippen molar-refractivity contribution in [3.8, 4) is 62.1 Å².